The molecule has 4 rings (SSSR count). The largest absolute Gasteiger partial charge is 0.469 e. The zero-order valence-electron chi connectivity index (χ0n) is 17.9. The van der Waals surface area contributed by atoms with E-state index in [1.807, 2.05) is 13.8 Å². The first kappa shape index (κ1) is 23.6. The Labute approximate surface area is 184 Å². The van der Waals surface area contributed by atoms with E-state index in [1.54, 1.807) is 6.08 Å². The maximum atomic E-state index is 12.5. The van der Waals surface area contributed by atoms with Gasteiger partial charge >= 0.3 is 5.97 Å². The molecular weight excluding hydrogens is 428 g/mol. The topological polar surface area (TPSA) is 164 Å². The molecule has 11 heteroatoms. The highest BCUT2D eigenvalue weighted by Gasteiger charge is 2.60. The second-order valence-electron chi connectivity index (χ2n) is 9.01. The van der Waals surface area contributed by atoms with Crippen LogP contribution < -0.4 is 0 Å². The zero-order valence-corrected chi connectivity index (χ0v) is 17.9. The van der Waals surface area contributed by atoms with Crippen LogP contribution in [0.5, 0.6) is 0 Å². The molecule has 0 aromatic rings. The molecule has 0 aromatic carbocycles. The first-order chi connectivity index (χ1) is 15.2. The number of carbonyl (C=O) groups is 1. The van der Waals surface area contributed by atoms with Crippen LogP contribution in [0.1, 0.15) is 26.7 Å². The summed E-state index contributed by atoms with van der Waals surface area (Å²) in [7, 11) is 0. The number of carbonyl (C=O) groups excluding carboxylic acids is 1. The fourth-order valence-electron chi connectivity index (χ4n) is 5.00. The molecule has 0 amide bonds. The van der Waals surface area contributed by atoms with E-state index in [-0.39, 0.29) is 18.4 Å². The normalized spacial score (nSPS) is 43.7. The van der Waals surface area contributed by atoms with Crippen molar-refractivity contribution in [2.45, 2.75) is 69.3 Å². The third-order valence-electron chi connectivity index (χ3n) is 6.78. The molecule has 1 aliphatic carbocycles. The van der Waals surface area contributed by atoms with E-state index < -0.39 is 61.1 Å². The molecule has 9 atom stereocenters. The van der Waals surface area contributed by atoms with Gasteiger partial charge in [0.1, 0.15) is 30.0 Å². The summed E-state index contributed by atoms with van der Waals surface area (Å²) in [5, 5.41) is 49.1. The summed E-state index contributed by atoms with van der Waals surface area (Å²) in [6.07, 6.45) is -4.25. The lowest BCUT2D eigenvalue weighted by atomic mass is 9.80. The fraction of sp³-hybridized carbons (Fsp3) is 0.762. The Bertz CT molecular complexity index is 778. The number of hydrogen-bond donors (Lipinski definition) is 5. The predicted molar refractivity (Wildman–Crippen MR) is 104 cm³/mol. The van der Waals surface area contributed by atoms with Gasteiger partial charge < -0.3 is 39.7 Å². The van der Waals surface area contributed by atoms with Gasteiger partial charge in [-0.05, 0) is 36.3 Å². The maximum absolute atomic E-state index is 12.5. The molecule has 0 radical (unpaired) electrons. The highest BCUT2D eigenvalue weighted by Crippen LogP contribution is 2.54. The lowest BCUT2D eigenvalue weighted by molar-refractivity contribution is -0.471. The summed E-state index contributed by atoms with van der Waals surface area (Å²) >= 11 is 0. The Balaban J connectivity index is 1.55. The molecule has 2 fully saturated rings. The number of ether oxygens (including phenoxy) is 3. The van der Waals surface area contributed by atoms with Crippen molar-refractivity contribution in [1.29, 1.82) is 0 Å². The molecule has 32 heavy (non-hydrogen) atoms. The number of rotatable bonds is 6. The van der Waals surface area contributed by atoms with E-state index in [1.165, 1.54) is 6.26 Å². The van der Waals surface area contributed by atoms with Crippen molar-refractivity contribution in [3.05, 3.63) is 23.5 Å². The number of fused-ring (bicyclic) bond motifs is 2. The monoisotopic (exact) mass is 458 g/mol. The predicted octanol–water partition coefficient (Wildman–Crippen LogP) is -1.13. The molecule has 1 spiro atoms. The highest BCUT2D eigenvalue weighted by atomic mass is 17.2. The van der Waals surface area contributed by atoms with Crippen LogP contribution in [0.3, 0.4) is 0 Å². The molecule has 0 aromatic heterocycles. The van der Waals surface area contributed by atoms with Crippen molar-refractivity contribution in [3.63, 3.8) is 0 Å². The minimum Gasteiger partial charge on any atom is -0.469 e. The third-order valence-corrected chi connectivity index (χ3v) is 6.78. The van der Waals surface area contributed by atoms with E-state index in [2.05, 4.69) is 0 Å². The summed E-state index contributed by atoms with van der Waals surface area (Å²) in [5.41, 5.74) is 0.195. The van der Waals surface area contributed by atoms with Gasteiger partial charge in [0.2, 0.25) is 12.6 Å². The van der Waals surface area contributed by atoms with E-state index in [9.17, 15) is 30.3 Å². The van der Waals surface area contributed by atoms with Crippen molar-refractivity contribution in [2.75, 3.05) is 13.2 Å². The SMILES string of the molecule is CC(C)C1=C[C@@]2(CC[C@H]3C(CO)=CO[C@@H](OO[C@@H]4O[C@@H](CO)[C@@H](O)[C@H](O)[C@H]4O)[C@H]32)OC1=O. The van der Waals surface area contributed by atoms with Gasteiger partial charge in [0.15, 0.2) is 0 Å². The van der Waals surface area contributed by atoms with E-state index >= 15 is 0 Å². The molecule has 180 valence electrons. The molecule has 1 saturated heterocycles. The lowest BCUT2D eigenvalue weighted by Gasteiger charge is -2.41. The van der Waals surface area contributed by atoms with Crippen molar-refractivity contribution in [2.24, 2.45) is 17.8 Å². The molecule has 0 bridgehead atoms. The first-order valence-electron chi connectivity index (χ1n) is 10.8. The van der Waals surface area contributed by atoms with E-state index in [0.29, 0.717) is 24.0 Å². The second kappa shape index (κ2) is 8.99. The molecule has 1 saturated carbocycles. The Kier molecular flexibility index (Phi) is 6.63. The Morgan fingerprint density at radius 2 is 1.84 bits per heavy atom. The van der Waals surface area contributed by atoms with Crippen LogP contribution in [0.4, 0.5) is 0 Å². The summed E-state index contributed by atoms with van der Waals surface area (Å²) < 4.78 is 16.8. The average molecular weight is 458 g/mol. The number of aliphatic hydroxyl groups is 5. The molecule has 11 nitrogen and oxygen atoms in total. The first-order valence-corrected chi connectivity index (χ1v) is 10.8. The Morgan fingerprint density at radius 3 is 2.47 bits per heavy atom. The fourth-order valence-corrected chi connectivity index (χ4v) is 5.00. The van der Waals surface area contributed by atoms with Crippen molar-refractivity contribution in [3.8, 4) is 0 Å². The minimum absolute atomic E-state index is 0.0389. The summed E-state index contributed by atoms with van der Waals surface area (Å²) in [6, 6.07) is 0. The van der Waals surface area contributed by atoms with Gasteiger partial charge in [0.05, 0.1) is 25.4 Å². The van der Waals surface area contributed by atoms with Crippen LogP contribution in [0.25, 0.3) is 0 Å². The number of aliphatic hydroxyl groups excluding tert-OH is 5. The second-order valence-corrected chi connectivity index (χ2v) is 9.01. The van der Waals surface area contributed by atoms with Crippen LogP contribution in [0.2, 0.25) is 0 Å². The van der Waals surface area contributed by atoms with Crippen LogP contribution in [-0.4, -0.2) is 87.3 Å². The van der Waals surface area contributed by atoms with Crippen LogP contribution in [0, 0.1) is 17.8 Å². The van der Waals surface area contributed by atoms with Crippen LogP contribution in [-0.2, 0) is 28.8 Å². The molecular formula is C21H30O11. The maximum Gasteiger partial charge on any atom is 0.334 e. The van der Waals surface area contributed by atoms with Gasteiger partial charge in [-0.1, -0.05) is 13.8 Å². The number of esters is 1. The average Bonchev–Trinajstić information content (AvgIpc) is 3.32. The van der Waals surface area contributed by atoms with Crippen molar-refractivity contribution in [1.82, 2.24) is 0 Å². The van der Waals surface area contributed by atoms with Crippen molar-refractivity contribution >= 4 is 5.97 Å². The lowest BCUT2D eigenvalue weighted by Crippen LogP contribution is -2.59. The molecule has 3 heterocycles. The van der Waals surface area contributed by atoms with E-state index in [4.69, 9.17) is 24.0 Å². The Morgan fingerprint density at radius 1 is 1.12 bits per heavy atom. The molecule has 5 N–H and O–H groups in total. The van der Waals surface area contributed by atoms with Gasteiger partial charge in [0, 0.05) is 5.57 Å². The smallest absolute Gasteiger partial charge is 0.334 e. The minimum atomic E-state index is -1.65. The van der Waals surface area contributed by atoms with Crippen LogP contribution >= 0.6 is 0 Å². The molecule has 3 aliphatic heterocycles. The standard InChI is InChI=1S/C21H30O11/c1-9(2)12-5-21(30-18(12)27)4-3-11-10(6-22)8-28-19(14(11)21)31-32-20-17(26)16(25)15(24)13(7-23)29-20/h5,8-9,11,13-17,19-20,22-26H,3-4,6-7H2,1-2H3/t11-,13-,14-,15+,16-,17+,19-,20-,21+/m0/s1. The zero-order chi connectivity index (χ0) is 23.2. The van der Waals surface area contributed by atoms with Gasteiger partial charge in [-0.2, -0.15) is 9.78 Å². The van der Waals surface area contributed by atoms with E-state index in [0.717, 1.165) is 0 Å². The van der Waals surface area contributed by atoms with Gasteiger partial charge in [-0.3, -0.25) is 0 Å². The summed E-state index contributed by atoms with van der Waals surface area (Å²) in [4.78, 5) is 23.2. The summed E-state index contributed by atoms with van der Waals surface area (Å²) in [6.45, 7) is 2.95. The molecule has 0 unspecified atom stereocenters. The van der Waals surface area contributed by atoms with Crippen molar-refractivity contribution < 1.29 is 54.3 Å². The Hall–Kier alpha value is -1.57. The number of hydrogen-bond acceptors (Lipinski definition) is 11. The quantitative estimate of drug-likeness (QED) is 0.186. The van der Waals surface area contributed by atoms with Gasteiger partial charge in [-0.25, -0.2) is 4.79 Å². The van der Waals surface area contributed by atoms with Crippen LogP contribution in [0.15, 0.2) is 23.5 Å². The van der Waals surface area contributed by atoms with Gasteiger partial charge in [-0.15, -0.1) is 0 Å². The summed E-state index contributed by atoms with van der Waals surface area (Å²) in [5.74, 6) is -1.19. The highest BCUT2D eigenvalue weighted by molar-refractivity contribution is 5.92. The third kappa shape index (κ3) is 3.86. The molecule has 4 aliphatic rings. The van der Waals surface area contributed by atoms with Gasteiger partial charge in [0.25, 0.3) is 0 Å².